The van der Waals surface area contributed by atoms with Crippen molar-refractivity contribution in [2.45, 2.75) is 0 Å². The molecule has 0 aromatic heterocycles. The summed E-state index contributed by atoms with van der Waals surface area (Å²) in [5, 5.41) is 11.5. The van der Waals surface area contributed by atoms with Gasteiger partial charge in [0.2, 0.25) is 0 Å². The number of nitrogens with one attached hydrogen (secondary N) is 1. The lowest BCUT2D eigenvalue weighted by molar-refractivity contribution is -0.122. The summed E-state index contributed by atoms with van der Waals surface area (Å²) in [6, 6.07) is 4.55. The van der Waals surface area contributed by atoms with Crippen molar-refractivity contribution < 1.29 is 19.4 Å². The van der Waals surface area contributed by atoms with Crippen LogP contribution < -0.4 is 10.1 Å². The molecule has 1 amide bonds. The van der Waals surface area contributed by atoms with E-state index < -0.39 is 5.97 Å². The van der Waals surface area contributed by atoms with Crippen LogP contribution in [0.25, 0.3) is 0 Å². The first-order valence-electron chi connectivity index (χ1n) is 5.08. The minimum Gasteiger partial charge on any atom is -0.483 e. The number of carboxylic acids is 1. The zero-order valence-electron chi connectivity index (χ0n) is 9.48. The topological polar surface area (TPSA) is 75.6 Å². The Morgan fingerprint density at radius 1 is 1.50 bits per heavy atom. The summed E-state index contributed by atoms with van der Waals surface area (Å²) in [6.45, 7) is 3.56. The molecule has 0 bridgehead atoms. The van der Waals surface area contributed by atoms with Crippen LogP contribution in [0, 0.1) is 0 Å². The molecule has 0 radical (unpaired) electrons. The molecule has 1 aromatic rings. The fraction of sp³-hybridized carbons (Fsp3) is 0.167. The van der Waals surface area contributed by atoms with E-state index in [-0.39, 0.29) is 23.8 Å². The first kappa shape index (κ1) is 14.2. The highest BCUT2D eigenvalue weighted by Gasteiger charge is 2.12. The fourth-order valence-corrected chi connectivity index (χ4v) is 1.54. The normalized spacial score (nSPS) is 9.61. The molecule has 1 aromatic carbocycles. The molecule has 0 aliphatic rings. The van der Waals surface area contributed by atoms with Crippen LogP contribution in [0.4, 0.5) is 0 Å². The third-order valence-electron chi connectivity index (χ3n) is 1.97. The van der Waals surface area contributed by atoms with Gasteiger partial charge in [0.15, 0.2) is 6.61 Å². The summed E-state index contributed by atoms with van der Waals surface area (Å²) in [5.41, 5.74) is 0.000829. The lowest BCUT2D eigenvalue weighted by atomic mass is 10.2. The van der Waals surface area contributed by atoms with E-state index in [1.54, 1.807) is 12.1 Å². The molecular weight excluding hydrogens is 302 g/mol. The van der Waals surface area contributed by atoms with Gasteiger partial charge in [0.25, 0.3) is 5.91 Å². The molecule has 0 spiro atoms. The van der Waals surface area contributed by atoms with E-state index in [0.717, 1.165) is 0 Å². The third kappa shape index (κ3) is 4.21. The van der Waals surface area contributed by atoms with Crippen molar-refractivity contribution in [3.05, 3.63) is 40.9 Å². The monoisotopic (exact) mass is 313 g/mol. The number of aromatic carboxylic acids is 1. The molecule has 96 valence electrons. The molecule has 0 heterocycles. The van der Waals surface area contributed by atoms with Crippen molar-refractivity contribution >= 4 is 27.8 Å². The number of carbonyl (C=O) groups is 2. The lowest BCUT2D eigenvalue weighted by Crippen LogP contribution is -2.29. The van der Waals surface area contributed by atoms with Crippen molar-refractivity contribution in [1.82, 2.24) is 5.32 Å². The van der Waals surface area contributed by atoms with Crippen molar-refractivity contribution in [3.63, 3.8) is 0 Å². The van der Waals surface area contributed by atoms with E-state index in [1.807, 2.05) is 0 Å². The number of carbonyl (C=O) groups excluding carboxylic acids is 1. The van der Waals surface area contributed by atoms with Gasteiger partial charge in [-0.3, -0.25) is 4.79 Å². The van der Waals surface area contributed by atoms with E-state index >= 15 is 0 Å². The Bertz CT molecular complexity index is 473. The lowest BCUT2D eigenvalue weighted by Gasteiger charge is -2.09. The highest BCUT2D eigenvalue weighted by Crippen LogP contribution is 2.23. The zero-order valence-corrected chi connectivity index (χ0v) is 11.1. The summed E-state index contributed by atoms with van der Waals surface area (Å²) < 4.78 is 5.79. The van der Waals surface area contributed by atoms with Gasteiger partial charge in [-0.05, 0) is 18.2 Å². The molecule has 5 nitrogen and oxygen atoms in total. The fourth-order valence-electron chi connectivity index (χ4n) is 1.18. The number of hydrogen-bond acceptors (Lipinski definition) is 3. The van der Waals surface area contributed by atoms with E-state index in [0.29, 0.717) is 11.0 Å². The van der Waals surface area contributed by atoms with Crippen LogP contribution in [-0.4, -0.2) is 30.1 Å². The molecular formula is C12H12BrNO4. The van der Waals surface area contributed by atoms with Crippen molar-refractivity contribution in [1.29, 1.82) is 0 Å². The third-order valence-corrected chi connectivity index (χ3v) is 2.47. The number of benzene rings is 1. The van der Waals surface area contributed by atoms with Gasteiger partial charge in [0.1, 0.15) is 11.3 Å². The summed E-state index contributed by atoms with van der Waals surface area (Å²) in [7, 11) is 0. The average molecular weight is 314 g/mol. The van der Waals surface area contributed by atoms with E-state index in [9.17, 15) is 9.59 Å². The van der Waals surface area contributed by atoms with Crippen LogP contribution in [0.15, 0.2) is 35.3 Å². The van der Waals surface area contributed by atoms with Crippen molar-refractivity contribution in [2.75, 3.05) is 13.2 Å². The highest BCUT2D eigenvalue weighted by atomic mass is 79.9. The Kier molecular flexibility index (Phi) is 5.38. The highest BCUT2D eigenvalue weighted by molar-refractivity contribution is 9.10. The van der Waals surface area contributed by atoms with Gasteiger partial charge in [-0.2, -0.15) is 0 Å². The second kappa shape index (κ2) is 6.80. The SMILES string of the molecule is C=CCNC(=O)COc1ccc(Br)cc1C(=O)O. The van der Waals surface area contributed by atoms with Crippen LogP contribution in [0.1, 0.15) is 10.4 Å². The molecule has 1 rings (SSSR count). The molecule has 0 atom stereocenters. The number of halogens is 1. The minimum absolute atomic E-state index is 0.000829. The summed E-state index contributed by atoms with van der Waals surface area (Å²) >= 11 is 3.17. The first-order chi connectivity index (χ1) is 8.54. The maximum absolute atomic E-state index is 11.3. The molecule has 0 aliphatic heterocycles. The number of carboxylic acid groups (broad SMARTS) is 1. The summed E-state index contributed by atoms with van der Waals surface area (Å²) in [6.07, 6.45) is 1.54. The standard InChI is InChI=1S/C12H12BrNO4/c1-2-5-14-11(15)7-18-10-4-3-8(13)6-9(10)12(16)17/h2-4,6H,1,5,7H2,(H,14,15)(H,16,17). The van der Waals surface area contributed by atoms with E-state index in [4.69, 9.17) is 9.84 Å². The van der Waals surface area contributed by atoms with Gasteiger partial charge >= 0.3 is 5.97 Å². The summed E-state index contributed by atoms with van der Waals surface area (Å²) in [4.78, 5) is 22.3. The van der Waals surface area contributed by atoms with Gasteiger partial charge in [0.05, 0.1) is 0 Å². The summed E-state index contributed by atoms with van der Waals surface area (Å²) in [5.74, 6) is -1.30. The van der Waals surface area contributed by atoms with Crippen LogP contribution in [0.3, 0.4) is 0 Å². The van der Waals surface area contributed by atoms with Gasteiger partial charge in [0, 0.05) is 11.0 Å². The Balaban J connectivity index is 2.69. The second-order valence-electron chi connectivity index (χ2n) is 3.33. The van der Waals surface area contributed by atoms with Crippen LogP contribution in [0.5, 0.6) is 5.75 Å². The van der Waals surface area contributed by atoms with Gasteiger partial charge in [-0.15, -0.1) is 6.58 Å². The molecule has 0 unspecified atom stereocenters. The quantitative estimate of drug-likeness (QED) is 0.786. The van der Waals surface area contributed by atoms with Gasteiger partial charge < -0.3 is 15.2 Å². The predicted molar refractivity (Wildman–Crippen MR) is 69.8 cm³/mol. The predicted octanol–water partition coefficient (Wildman–Crippen LogP) is 1.83. The molecule has 0 saturated carbocycles. The first-order valence-corrected chi connectivity index (χ1v) is 5.87. The molecule has 0 fully saturated rings. The van der Waals surface area contributed by atoms with Crippen molar-refractivity contribution in [3.8, 4) is 5.75 Å². The van der Waals surface area contributed by atoms with Crippen LogP contribution in [-0.2, 0) is 4.79 Å². The Hall–Kier alpha value is -1.82. The average Bonchev–Trinajstić information content (AvgIpc) is 2.34. The number of rotatable bonds is 6. The Morgan fingerprint density at radius 3 is 2.83 bits per heavy atom. The number of hydrogen-bond donors (Lipinski definition) is 2. The van der Waals surface area contributed by atoms with Crippen LogP contribution >= 0.6 is 15.9 Å². The maximum Gasteiger partial charge on any atom is 0.339 e. The zero-order chi connectivity index (χ0) is 13.5. The van der Waals surface area contributed by atoms with Crippen LogP contribution in [0.2, 0.25) is 0 Å². The second-order valence-corrected chi connectivity index (χ2v) is 4.24. The van der Waals surface area contributed by atoms with Gasteiger partial charge in [-0.25, -0.2) is 4.79 Å². The molecule has 6 heteroatoms. The molecule has 0 aliphatic carbocycles. The molecule has 2 N–H and O–H groups in total. The number of amides is 1. The smallest absolute Gasteiger partial charge is 0.339 e. The van der Waals surface area contributed by atoms with Gasteiger partial charge in [-0.1, -0.05) is 22.0 Å². The maximum atomic E-state index is 11.3. The van der Waals surface area contributed by atoms with E-state index in [1.165, 1.54) is 12.1 Å². The number of ether oxygens (including phenoxy) is 1. The largest absolute Gasteiger partial charge is 0.483 e. The van der Waals surface area contributed by atoms with Crippen molar-refractivity contribution in [2.24, 2.45) is 0 Å². The van der Waals surface area contributed by atoms with E-state index in [2.05, 4.69) is 27.8 Å². The minimum atomic E-state index is -1.11. The Morgan fingerprint density at radius 2 is 2.22 bits per heavy atom. The Labute approximate surface area is 113 Å². The molecule has 18 heavy (non-hydrogen) atoms. The molecule has 0 saturated heterocycles.